The zero-order chi connectivity index (χ0) is 15.7. The molecule has 0 aliphatic rings. The summed E-state index contributed by atoms with van der Waals surface area (Å²) in [7, 11) is 1.43. The van der Waals surface area contributed by atoms with Gasteiger partial charge in [-0.2, -0.15) is 0 Å². The summed E-state index contributed by atoms with van der Waals surface area (Å²) in [6.07, 6.45) is 0. The number of methoxy groups -OCH3 is 1. The summed E-state index contributed by atoms with van der Waals surface area (Å²) in [5, 5.41) is 1.33. The molecule has 0 saturated heterocycles. The molecular formula is C13H6Cl6O2. The molecule has 0 aliphatic carbocycles. The lowest BCUT2D eigenvalue weighted by molar-refractivity contribution is 0.413. The predicted octanol–water partition coefficient (Wildman–Crippen LogP) is 7.41. The fraction of sp³-hybridized carbons (Fsp3) is 0.0769. The first-order valence-electron chi connectivity index (χ1n) is 5.39. The van der Waals surface area contributed by atoms with Crippen LogP contribution in [0.3, 0.4) is 0 Å². The van der Waals surface area contributed by atoms with E-state index in [1.54, 1.807) is 0 Å². The molecule has 2 nitrogen and oxygen atoms in total. The third-order valence-corrected chi connectivity index (χ3v) is 4.36. The number of hydrogen-bond donors (Lipinski definition) is 0. The number of halogens is 6. The smallest absolute Gasteiger partial charge is 0.164 e. The van der Waals surface area contributed by atoms with E-state index in [1.165, 1.54) is 25.3 Å². The highest BCUT2D eigenvalue weighted by atomic mass is 35.5. The van der Waals surface area contributed by atoms with E-state index in [1.807, 2.05) is 0 Å². The largest absolute Gasteiger partial charge is 0.494 e. The van der Waals surface area contributed by atoms with Gasteiger partial charge in [0.25, 0.3) is 0 Å². The fourth-order valence-electron chi connectivity index (χ4n) is 1.55. The van der Waals surface area contributed by atoms with Crippen molar-refractivity contribution in [3.63, 3.8) is 0 Å². The molecule has 0 atom stereocenters. The van der Waals surface area contributed by atoms with Gasteiger partial charge in [-0.05, 0) is 12.1 Å². The molecular weight excluding hydrogens is 401 g/mol. The van der Waals surface area contributed by atoms with E-state index >= 15 is 0 Å². The predicted molar refractivity (Wildman–Crippen MR) is 89.6 cm³/mol. The van der Waals surface area contributed by atoms with Crippen molar-refractivity contribution in [1.82, 2.24) is 0 Å². The molecule has 0 aromatic heterocycles. The van der Waals surface area contributed by atoms with Gasteiger partial charge < -0.3 is 9.47 Å². The van der Waals surface area contributed by atoms with Gasteiger partial charge in [0.2, 0.25) is 0 Å². The van der Waals surface area contributed by atoms with Crippen molar-refractivity contribution in [3.05, 3.63) is 48.3 Å². The molecule has 0 aliphatic heterocycles. The Morgan fingerprint density at radius 3 is 1.76 bits per heavy atom. The maximum Gasteiger partial charge on any atom is 0.164 e. The second kappa shape index (κ2) is 6.91. The van der Waals surface area contributed by atoms with Crippen LogP contribution >= 0.6 is 69.6 Å². The van der Waals surface area contributed by atoms with Crippen molar-refractivity contribution in [2.24, 2.45) is 0 Å². The Bertz CT molecular complexity index is 679. The zero-order valence-corrected chi connectivity index (χ0v) is 14.9. The quantitative estimate of drug-likeness (QED) is 0.494. The molecule has 2 rings (SSSR count). The van der Waals surface area contributed by atoms with E-state index in [0.717, 1.165) is 0 Å². The molecule has 21 heavy (non-hydrogen) atoms. The number of benzene rings is 2. The standard InChI is InChI=1S/C13H6Cl6O2/c1-20-13-8(17)4-9(10(18)11(13)19)21-12-6(15)2-5(14)3-7(12)16/h2-4H,1H3. The van der Waals surface area contributed by atoms with Crippen LogP contribution in [0.1, 0.15) is 0 Å². The molecule has 0 N–H and O–H groups in total. The Labute approximate surface area is 151 Å². The summed E-state index contributed by atoms with van der Waals surface area (Å²) < 4.78 is 10.7. The lowest BCUT2D eigenvalue weighted by atomic mass is 10.3. The molecule has 8 heteroatoms. The lowest BCUT2D eigenvalue weighted by Crippen LogP contribution is -1.92. The molecule has 0 bridgehead atoms. The SMILES string of the molecule is COc1c(Cl)cc(Oc2c(Cl)cc(Cl)cc2Cl)c(Cl)c1Cl. The van der Waals surface area contributed by atoms with Gasteiger partial charge in [0.05, 0.1) is 22.2 Å². The van der Waals surface area contributed by atoms with Crippen LogP contribution in [0.5, 0.6) is 17.2 Å². The van der Waals surface area contributed by atoms with Crippen LogP contribution in [0.25, 0.3) is 0 Å². The Kier molecular flexibility index (Phi) is 5.64. The minimum atomic E-state index is 0.125. The molecule has 0 saturated carbocycles. The molecule has 0 unspecified atom stereocenters. The van der Waals surface area contributed by atoms with Gasteiger partial charge in [-0.25, -0.2) is 0 Å². The third kappa shape index (κ3) is 3.58. The first-order valence-corrected chi connectivity index (χ1v) is 7.65. The van der Waals surface area contributed by atoms with Crippen molar-refractivity contribution in [2.45, 2.75) is 0 Å². The summed E-state index contributed by atoms with van der Waals surface area (Å²) in [5.74, 6) is 0.643. The van der Waals surface area contributed by atoms with Crippen LogP contribution in [0.15, 0.2) is 18.2 Å². The molecule has 2 aromatic carbocycles. The number of rotatable bonds is 3. The topological polar surface area (TPSA) is 18.5 Å². The second-order valence-electron chi connectivity index (χ2n) is 3.82. The minimum absolute atomic E-state index is 0.125. The van der Waals surface area contributed by atoms with Gasteiger partial charge in [-0.15, -0.1) is 0 Å². The maximum atomic E-state index is 6.13. The van der Waals surface area contributed by atoms with Gasteiger partial charge in [-0.1, -0.05) is 69.6 Å². The van der Waals surface area contributed by atoms with E-state index < -0.39 is 0 Å². The molecule has 0 radical (unpaired) electrons. The number of hydrogen-bond acceptors (Lipinski definition) is 2. The highest BCUT2D eigenvalue weighted by Crippen LogP contribution is 2.47. The van der Waals surface area contributed by atoms with Gasteiger partial charge >= 0.3 is 0 Å². The molecule has 0 amide bonds. The van der Waals surface area contributed by atoms with Crippen LogP contribution in [0, 0.1) is 0 Å². The lowest BCUT2D eigenvalue weighted by Gasteiger charge is -2.14. The number of ether oxygens (including phenoxy) is 2. The Morgan fingerprint density at radius 2 is 1.24 bits per heavy atom. The van der Waals surface area contributed by atoms with E-state index in [2.05, 4.69) is 0 Å². The molecule has 0 fully saturated rings. The van der Waals surface area contributed by atoms with Crippen LogP contribution < -0.4 is 9.47 Å². The Morgan fingerprint density at radius 1 is 0.714 bits per heavy atom. The monoisotopic (exact) mass is 404 g/mol. The summed E-state index contributed by atoms with van der Waals surface area (Å²) >= 11 is 36.2. The first-order chi connectivity index (χ1) is 9.85. The second-order valence-corrected chi connectivity index (χ2v) is 6.23. The zero-order valence-electron chi connectivity index (χ0n) is 10.3. The van der Waals surface area contributed by atoms with Gasteiger partial charge in [-0.3, -0.25) is 0 Å². The van der Waals surface area contributed by atoms with E-state index in [9.17, 15) is 0 Å². The summed E-state index contributed by atoms with van der Waals surface area (Å²) in [6, 6.07) is 4.44. The van der Waals surface area contributed by atoms with Gasteiger partial charge in [0.15, 0.2) is 11.5 Å². The maximum absolute atomic E-state index is 6.13. The average Bonchev–Trinajstić information content (AvgIpc) is 2.39. The highest BCUT2D eigenvalue weighted by Gasteiger charge is 2.19. The Hall–Kier alpha value is -0.220. The first kappa shape index (κ1) is 17.1. The fourth-order valence-corrected chi connectivity index (χ4v) is 3.22. The van der Waals surface area contributed by atoms with Crippen molar-refractivity contribution >= 4 is 69.6 Å². The van der Waals surface area contributed by atoms with E-state index in [0.29, 0.717) is 5.02 Å². The van der Waals surface area contributed by atoms with Crippen molar-refractivity contribution < 1.29 is 9.47 Å². The van der Waals surface area contributed by atoms with Crippen LogP contribution in [-0.2, 0) is 0 Å². The Balaban J connectivity index is 2.51. The summed E-state index contributed by atoms with van der Waals surface area (Å²) in [5.41, 5.74) is 0. The van der Waals surface area contributed by atoms with Crippen LogP contribution in [0.2, 0.25) is 30.1 Å². The van der Waals surface area contributed by atoms with Crippen molar-refractivity contribution in [2.75, 3.05) is 7.11 Å². The van der Waals surface area contributed by atoms with Crippen LogP contribution in [-0.4, -0.2) is 7.11 Å². The summed E-state index contributed by atoms with van der Waals surface area (Å²) in [6.45, 7) is 0. The van der Waals surface area contributed by atoms with E-state index in [-0.39, 0.29) is 42.4 Å². The average molecular weight is 407 g/mol. The molecule has 2 aromatic rings. The van der Waals surface area contributed by atoms with Crippen molar-refractivity contribution in [1.29, 1.82) is 0 Å². The highest BCUT2D eigenvalue weighted by molar-refractivity contribution is 6.46. The molecule has 112 valence electrons. The van der Waals surface area contributed by atoms with Gasteiger partial charge in [0, 0.05) is 11.1 Å². The minimum Gasteiger partial charge on any atom is -0.494 e. The molecule has 0 spiro atoms. The van der Waals surface area contributed by atoms with Crippen molar-refractivity contribution in [3.8, 4) is 17.2 Å². The van der Waals surface area contributed by atoms with Crippen LogP contribution in [0.4, 0.5) is 0 Å². The third-order valence-electron chi connectivity index (χ3n) is 2.46. The van der Waals surface area contributed by atoms with Gasteiger partial charge in [0.1, 0.15) is 15.8 Å². The van der Waals surface area contributed by atoms with E-state index in [4.69, 9.17) is 79.1 Å². The molecule has 0 heterocycles. The normalized spacial score (nSPS) is 10.6. The summed E-state index contributed by atoms with van der Waals surface area (Å²) in [4.78, 5) is 0.